The van der Waals surface area contributed by atoms with Crippen LogP contribution in [-0.4, -0.2) is 21.0 Å². The Balaban J connectivity index is 2.28. The number of hydrogen-bond acceptors (Lipinski definition) is 4. The maximum Gasteiger partial charge on any atom is 0.335 e. The number of carboxylic acid groups (broad SMARTS) is 1. The van der Waals surface area contributed by atoms with Gasteiger partial charge in [-0.2, -0.15) is 0 Å². The molecule has 2 heterocycles. The van der Waals surface area contributed by atoms with Gasteiger partial charge in [0.05, 0.1) is 5.56 Å². The highest BCUT2D eigenvalue weighted by Gasteiger charge is 2.07. The molecule has 1 N–H and O–H groups in total. The molecule has 0 aromatic carbocycles. The average Bonchev–Trinajstić information content (AvgIpc) is 2.32. The summed E-state index contributed by atoms with van der Waals surface area (Å²) in [5.74, 6) is -0.952. The van der Waals surface area contributed by atoms with Crippen molar-refractivity contribution in [2.75, 3.05) is 0 Å². The van der Waals surface area contributed by atoms with Gasteiger partial charge in [-0.3, -0.25) is 0 Å². The van der Waals surface area contributed by atoms with E-state index in [9.17, 15) is 4.79 Å². The van der Waals surface area contributed by atoms with Gasteiger partial charge >= 0.3 is 5.97 Å². The number of rotatable bonds is 3. The molecule has 86 valence electrons. The minimum Gasteiger partial charge on any atom is -0.478 e. The van der Waals surface area contributed by atoms with E-state index >= 15 is 0 Å². The first kappa shape index (κ1) is 11.6. The van der Waals surface area contributed by atoms with Crippen molar-refractivity contribution in [3.8, 4) is 0 Å². The van der Waals surface area contributed by atoms with Crippen molar-refractivity contribution in [3.05, 3.63) is 47.8 Å². The molecular weight excluding hydrogens is 236 g/mol. The lowest BCUT2D eigenvalue weighted by Crippen LogP contribution is -1.97. The Hall–Kier alpha value is -1.88. The van der Waals surface area contributed by atoms with E-state index in [0.29, 0.717) is 5.03 Å². The number of carbonyl (C=O) groups is 1. The Labute approximate surface area is 103 Å². The highest BCUT2D eigenvalue weighted by Crippen LogP contribution is 2.26. The molecule has 2 rings (SSSR count). The van der Waals surface area contributed by atoms with Crippen LogP contribution in [0.1, 0.15) is 15.9 Å². The quantitative estimate of drug-likeness (QED) is 0.902. The number of aromatic nitrogens is 2. The summed E-state index contributed by atoms with van der Waals surface area (Å²) in [6, 6.07) is 6.83. The van der Waals surface area contributed by atoms with E-state index in [1.807, 2.05) is 19.1 Å². The van der Waals surface area contributed by atoms with Crippen molar-refractivity contribution < 1.29 is 9.90 Å². The number of hydrogen-bond donors (Lipinski definition) is 1. The Morgan fingerprint density at radius 2 is 2.12 bits per heavy atom. The van der Waals surface area contributed by atoms with Crippen LogP contribution in [0.3, 0.4) is 0 Å². The monoisotopic (exact) mass is 246 g/mol. The molecule has 0 fully saturated rings. The number of pyridine rings is 2. The summed E-state index contributed by atoms with van der Waals surface area (Å²) in [5.41, 5.74) is 1.27. The molecule has 5 heteroatoms. The maximum absolute atomic E-state index is 10.8. The van der Waals surface area contributed by atoms with Gasteiger partial charge in [0.1, 0.15) is 10.1 Å². The van der Waals surface area contributed by atoms with Crippen LogP contribution in [0.25, 0.3) is 0 Å². The molecule has 2 aromatic heterocycles. The molecule has 0 aliphatic carbocycles. The van der Waals surface area contributed by atoms with Gasteiger partial charge in [-0.25, -0.2) is 14.8 Å². The molecule has 0 spiro atoms. The third-order valence-corrected chi connectivity index (χ3v) is 3.20. The largest absolute Gasteiger partial charge is 0.478 e. The van der Waals surface area contributed by atoms with Crippen LogP contribution in [0.2, 0.25) is 0 Å². The van der Waals surface area contributed by atoms with E-state index in [2.05, 4.69) is 9.97 Å². The molecule has 4 nitrogen and oxygen atoms in total. The van der Waals surface area contributed by atoms with Crippen molar-refractivity contribution in [2.24, 2.45) is 0 Å². The summed E-state index contributed by atoms with van der Waals surface area (Å²) in [6.07, 6.45) is 3.19. The van der Waals surface area contributed by atoms with Gasteiger partial charge in [-0.15, -0.1) is 0 Å². The Morgan fingerprint density at radius 1 is 1.29 bits per heavy atom. The Kier molecular flexibility index (Phi) is 3.39. The maximum atomic E-state index is 10.8. The lowest BCUT2D eigenvalue weighted by molar-refractivity contribution is 0.0696. The molecule has 0 aliphatic rings. The Bertz CT molecular complexity index is 558. The fourth-order valence-electron chi connectivity index (χ4n) is 1.28. The number of nitrogens with zero attached hydrogens (tertiary/aromatic N) is 2. The molecule has 0 saturated heterocycles. The molecular formula is C12H10N2O2S. The minimum absolute atomic E-state index is 0.232. The summed E-state index contributed by atoms with van der Waals surface area (Å²) in [6.45, 7) is 1.95. The minimum atomic E-state index is -0.952. The first-order chi connectivity index (χ1) is 8.16. The predicted molar refractivity (Wildman–Crippen MR) is 64.3 cm³/mol. The van der Waals surface area contributed by atoms with Crippen LogP contribution in [0.15, 0.2) is 46.7 Å². The zero-order valence-electron chi connectivity index (χ0n) is 9.12. The molecule has 0 atom stereocenters. The first-order valence-corrected chi connectivity index (χ1v) is 5.77. The van der Waals surface area contributed by atoms with Crippen LogP contribution in [0, 0.1) is 6.92 Å². The zero-order chi connectivity index (χ0) is 12.3. The van der Waals surface area contributed by atoms with E-state index in [-0.39, 0.29) is 5.56 Å². The van der Waals surface area contributed by atoms with E-state index in [1.54, 1.807) is 12.3 Å². The molecule has 17 heavy (non-hydrogen) atoms. The highest BCUT2D eigenvalue weighted by atomic mass is 32.2. The molecule has 0 amide bonds. The normalized spacial score (nSPS) is 10.2. The van der Waals surface area contributed by atoms with E-state index < -0.39 is 5.97 Å². The summed E-state index contributed by atoms with van der Waals surface area (Å²) in [7, 11) is 0. The van der Waals surface area contributed by atoms with Gasteiger partial charge in [0.15, 0.2) is 0 Å². The third-order valence-electron chi connectivity index (χ3n) is 2.14. The number of aryl methyl sites for hydroxylation is 1. The van der Waals surface area contributed by atoms with Crippen LogP contribution in [0.4, 0.5) is 0 Å². The van der Waals surface area contributed by atoms with E-state index in [0.717, 1.165) is 10.6 Å². The van der Waals surface area contributed by atoms with Crippen molar-refractivity contribution in [3.63, 3.8) is 0 Å². The van der Waals surface area contributed by atoms with Crippen LogP contribution in [-0.2, 0) is 0 Å². The SMILES string of the molecule is Cc1cccnc1Sc1cc(C(=O)O)ccn1. The van der Waals surface area contributed by atoms with Gasteiger partial charge in [0, 0.05) is 12.4 Å². The lowest BCUT2D eigenvalue weighted by Gasteiger charge is -2.03. The van der Waals surface area contributed by atoms with E-state index in [4.69, 9.17) is 5.11 Å². The molecule has 0 unspecified atom stereocenters. The number of aromatic carboxylic acids is 1. The fourth-order valence-corrected chi connectivity index (χ4v) is 2.12. The fraction of sp³-hybridized carbons (Fsp3) is 0.0833. The topological polar surface area (TPSA) is 63.1 Å². The average molecular weight is 246 g/mol. The second kappa shape index (κ2) is 4.97. The highest BCUT2D eigenvalue weighted by molar-refractivity contribution is 7.99. The predicted octanol–water partition coefficient (Wildman–Crippen LogP) is 2.63. The molecule has 0 saturated carbocycles. The summed E-state index contributed by atoms with van der Waals surface area (Å²) in [5, 5.41) is 10.3. The van der Waals surface area contributed by atoms with Crippen molar-refractivity contribution in [1.82, 2.24) is 9.97 Å². The van der Waals surface area contributed by atoms with Crippen LogP contribution < -0.4 is 0 Å². The summed E-state index contributed by atoms with van der Waals surface area (Å²) < 4.78 is 0. The van der Waals surface area contributed by atoms with Gasteiger partial charge in [0.2, 0.25) is 0 Å². The van der Waals surface area contributed by atoms with Crippen molar-refractivity contribution in [2.45, 2.75) is 17.0 Å². The van der Waals surface area contributed by atoms with E-state index in [1.165, 1.54) is 24.0 Å². The van der Waals surface area contributed by atoms with Gasteiger partial charge in [-0.05, 0) is 42.4 Å². The van der Waals surface area contributed by atoms with Crippen LogP contribution in [0.5, 0.6) is 0 Å². The lowest BCUT2D eigenvalue weighted by atomic mass is 10.3. The second-order valence-electron chi connectivity index (χ2n) is 3.42. The second-order valence-corrected chi connectivity index (χ2v) is 4.42. The smallest absolute Gasteiger partial charge is 0.335 e. The van der Waals surface area contributed by atoms with Crippen molar-refractivity contribution >= 4 is 17.7 Å². The first-order valence-electron chi connectivity index (χ1n) is 4.95. The van der Waals surface area contributed by atoms with Crippen molar-refractivity contribution in [1.29, 1.82) is 0 Å². The summed E-state index contributed by atoms with van der Waals surface area (Å²) in [4.78, 5) is 19.2. The third kappa shape index (κ3) is 2.82. The molecule has 0 bridgehead atoms. The summed E-state index contributed by atoms with van der Waals surface area (Å²) >= 11 is 1.36. The Morgan fingerprint density at radius 3 is 2.82 bits per heavy atom. The van der Waals surface area contributed by atoms with Gasteiger partial charge in [-0.1, -0.05) is 6.07 Å². The number of carboxylic acids is 1. The zero-order valence-corrected chi connectivity index (χ0v) is 9.94. The standard InChI is InChI=1S/C12H10N2O2S/c1-8-3-2-5-14-11(8)17-10-7-9(12(15)16)4-6-13-10/h2-7H,1H3,(H,15,16). The van der Waals surface area contributed by atoms with Crippen LogP contribution >= 0.6 is 11.8 Å². The molecule has 0 aliphatic heterocycles. The molecule has 2 aromatic rings. The van der Waals surface area contributed by atoms with Gasteiger partial charge < -0.3 is 5.11 Å². The molecule has 0 radical (unpaired) electrons. The van der Waals surface area contributed by atoms with Gasteiger partial charge in [0.25, 0.3) is 0 Å².